The number of carbonyl (C=O) groups is 2. The first kappa shape index (κ1) is 23.4. The Labute approximate surface area is 198 Å². The summed E-state index contributed by atoms with van der Waals surface area (Å²) in [4.78, 5) is 29.7. The monoisotopic (exact) mass is 464 g/mol. The van der Waals surface area contributed by atoms with E-state index >= 15 is 0 Å². The molecular formula is C26H28N2O6. The lowest BCUT2D eigenvalue weighted by Crippen LogP contribution is -2.35. The summed E-state index contributed by atoms with van der Waals surface area (Å²) >= 11 is 0. The minimum Gasteiger partial charge on any atom is -0.507 e. The zero-order valence-corrected chi connectivity index (χ0v) is 19.3. The van der Waals surface area contributed by atoms with E-state index in [1.54, 1.807) is 42.5 Å². The van der Waals surface area contributed by atoms with Gasteiger partial charge in [0.05, 0.1) is 11.6 Å². The predicted octanol–water partition coefficient (Wildman–Crippen LogP) is 3.01. The summed E-state index contributed by atoms with van der Waals surface area (Å²) in [6.07, 6.45) is 1.64. The minimum atomic E-state index is -0.763. The fraction of sp³-hybridized carbons (Fsp3) is 0.308. The molecule has 0 spiro atoms. The third-order valence-corrected chi connectivity index (χ3v) is 5.69. The third kappa shape index (κ3) is 4.63. The number of likely N-dealkylation sites (tertiary alicyclic amines) is 1. The summed E-state index contributed by atoms with van der Waals surface area (Å²) in [6, 6.07) is 11.4. The molecule has 2 aliphatic rings. The van der Waals surface area contributed by atoms with Crippen molar-refractivity contribution in [2.75, 3.05) is 47.0 Å². The first-order chi connectivity index (χ1) is 16.4. The molecule has 2 aromatic carbocycles. The summed E-state index contributed by atoms with van der Waals surface area (Å²) in [5.41, 5.74) is 1.07. The van der Waals surface area contributed by atoms with Gasteiger partial charge in [-0.2, -0.15) is 0 Å². The second-order valence-corrected chi connectivity index (χ2v) is 8.33. The molecule has 4 rings (SSSR count). The van der Waals surface area contributed by atoms with Crippen LogP contribution in [0.5, 0.6) is 17.2 Å². The summed E-state index contributed by atoms with van der Waals surface area (Å²) < 4.78 is 16.8. The van der Waals surface area contributed by atoms with E-state index in [0.717, 1.165) is 0 Å². The third-order valence-electron chi connectivity index (χ3n) is 5.69. The van der Waals surface area contributed by atoms with Gasteiger partial charge in [0.15, 0.2) is 11.5 Å². The van der Waals surface area contributed by atoms with Gasteiger partial charge >= 0.3 is 0 Å². The van der Waals surface area contributed by atoms with Gasteiger partial charge in [0.2, 0.25) is 0 Å². The average molecular weight is 465 g/mol. The number of ether oxygens (including phenoxy) is 3. The minimum absolute atomic E-state index is 0.0290. The first-order valence-electron chi connectivity index (χ1n) is 11.1. The SMILES string of the molecule is C=CCOc1cccc(C2/C(=C(\O)c3ccc4c(c3)OCCO4)C(=O)C(=O)N2CCN(C)C)c1. The average Bonchev–Trinajstić information content (AvgIpc) is 3.10. The van der Waals surface area contributed by atoms with E-state index in [4.69, 9.17) is 14.2 Å². The molecule has 2 aromatic rings. The molecule has 2 aliphatic heterocycles. The van der Waals surface area contributed by atoms with Crippen LogP contribution in [0.15, 0.2) is 60.7 Å². The Morgan fingerprint density at radius 1 is 1.18 bits per heavy atom. The number of nitrogens with zero attached hydrogens (tertiary/aromatic N) is 2. The van der Waals surface area contributed by atoms with E-state index in [0.29, 0.717) is 61.3 Å². The second-order valence-electron chi connectivity index (χ2n) is 8.33. The molecule has 1 unspecified atom stereocenters. The maximum absolute atomic E-state index is 13.2. The molecule has 8 nitrogen and oxygen atoms in total. The van der Waals surface area contributed by atoms with Crippen LogP contribution >= 0.6 is 0 Å². The van der Waals surface area contributed by atoms with Gasteiger partial charge in [0.1, 0.15) is 31.3 Å². The van der Waals surface area contributed by atoms with Crippen LogP contribution in [0.4, 0.5) is 0 Å². The molecule has 0 aromatic heterocycles. The Kier molecular flexibility index (Phi) is 6.88. The summed E-state index contributed by atoms with van der Waals surface area (Å²) in [7, 11) is 3.79. The highest BCUT2D eigenvalue weighted by Gasteiger charge is 2.46. The Bertz CT molecular complexity index is 1140. The van der Waals surface area contributed by atoms with Crippen LogP contribution < -0.4 is 14.2 Å². The number of hydrogen-bond donors (Lipinski definition) is 1. The van der Waals surface area contributed by atoms with E-state index in [1.807, 2.05) is 25.1 Å². The predicted molar refractivity (Wildman–Crippen MR) is 127 cm³/mol. The zero-order valence-electron chi connectivity index (χ0n) is 19.3. The number of amides is 1. The van der Waals surface area contributed by atoms with Crippen molar-refractivity contribution in [2.24, 2.45) is 0 Å². The maximum Gasteiger partial charge on any atom is 0.295 e. The topological polar surface area (TPSA) is 88.5 Å². The van der Waals surface area contributed by atoms with Crippen LogP contribution in [0, 0.1) is 0 Å². The highest BCUT2D eigenvalue weighted by Crippen LogP contribution is 2.41. The Morgan fingerprint density at radius 2 is 1.94 bits per heavy atom. The molecule has 1 fully saturated rings. The first-order valence-corrected chi connectivity index (χ1v) is 11.1. The number of benzene rings is 2. The molecular weight excluding hydrogens is 436 g/mol. The Balaban J connectivity index is 1.81. The normalized spacial score (nSPS) is 18.9. The van der Waals surface area contributed by atoms with Crippen molar-refractivity contribution in [3.63, 3.8) is 0 Å². The molecule has 0 bridgehead atoms. The molecule has 1 saturated heterocycles. The van der Waals surface area contributed by atoms with E-state index < -0.39 is 17.7 Å². The number of aliphatic hydroxyl groups excluding tert-OH is 1. The maximum atomic E-state index is 13.2. The van der Waals surface area contributed by atoms with Crippen molar-refractivity contribution in [2.45, 2.75) is 6.04 Å². The summed E-state index contributed by atoms with van der Waals surface area (Å²) in [5, 5.41) is 11.3. The molecule has 34 heavy (non-hydrogen) atoms. The van der Waals surface area contributed by atoms with Crippen LogP contribution in [-0.2, 0) is 9.59 Å². The number of ketones is 1. The Hall–Kier alpha value is -3.78. The van der Waals surface area contributed by atoms with Crippen molar-refractivity contribution in [3.05, 3.63) is 71.8 Å². The van der Waals surface area contributed by atoms with Crippen LogP contribution in [-0.4, -0.2) is 73.6 Å². The molecule has 1 amide bonds. The van der Waals surface area contributed by atoms with Gasteiger partial charge < -0.3 is 29.1 Å². The summed E-state index contributed by atoms with van der Waals surface area (Å²) in [6.45, 7) is 5.69. The molecule has 2 heterocycles. The number of hydrogen-bond acceptors (Lipinski definition) is 7. The zero-order chi connectivity index (χ0) is 24.2. The highest BCUT2D eigenvalue weighted by molar-refractivity contribution is 6.46. The molecule has 0 radical (unpaired) electrons. The van der Waals surface area contributed by atoms with Gasteiger partial charge in [-0.1, -0.05) is 24.8 Å². The number of fused-ring (bicyclic) bond motifs is 1. The lowest BCUT2D eigenvalue weighted by Gasteiger charge is -2.27. The highest BCUT2D eigenvalue weighted by atomic mass is 16.6. The van der Waals surface area contributed by atoms with Crippen molar-refractivity contribution < 1.29 is 28.9 Å². The molecule has 0 aliphatic carbocycles. The molecule has 8 heteroatoms. The van der Waals surface area contributed by atoms with Crippen LogP contribution in [0.2, 0.25) is 0 Å². The second kappa shape index (κ2) is 10.0. The van der Waals surface area contributed by atoms with Gasteiger partial charge in [0.25, 0.3) is 11.7 Å². The van der Waals surface area contributed by atoms with Gasteiger partial charge in [-0.25, -0.2) is 0 Å². The fourth-order valence-corrected chi connectivity index (χ4v) is 4.04. The lowest BCUT2D eigenvalue weighted by molar-refractivity contribution is -0.140. The molecule has 1 atom stereocenters. The van der Waals surface area contributed by atoms with Gasteiger partial charge in [-0.05, 0) is 50.0 Å². The van der Waals surface area contributed by atoms with E-state index in [2.05, 4.69) is 6.58 Å². The molecule has 178 valence electrons. The van der Waals surface area contributed by atoms with Crippen LogP contribution in [0.1, 0.15) is 17.2 Å². The number of Topliss-reactive ketones (excluding diaryl/α,β-unsaturated/α-hetero) is 1. The standard InChI is InChI=1S/C26H28N2O6/c1-4-12-32-19-7-5-6-17(15-19)23-22(25(30)26(31)28(23)11-10-27(2)3)24(29)18-8-9-20-21(16-18)34-14-13-33-20/h4-9,15-16,23,29H,1,10-14H2,2-3H3/b24-22+. The quantitative estimate of drug-likeness (QED) is 0.278. The largest absolute Gasteiger partial charge is 0.507 e. The lowest BCUT2D eigenvalue weighted by atomic mass is 9.95. The van der Waals surface area contributed by atoms with Crippen molar-refractivity contribution in [3.8, 4) is 17.2 Å². The van der Waals surface area contributed by atoms with Gasteiger partial charge in [-0.15, -0.1) is 0 Å². The number of rotatable bonds is 8. The smallest absolute Gasteiger partial charge is 0.295 e. The Morgan fingerprint density at radius 3 is 2.68 bits per heavy atom. The number of aliphatic hydroxyl groups is 1. The van der Waals surface area contributed by atoms with Crippen LogP contribution in [0.25, 0.3) is 5.76 Å². The van der Waals surface area contributed by atoms with Crippen LogP contribution in [0.3, 0.4) is 0 Å². The van der Waals surface area contributed by atoms with Crippen molar-refractivity contribution in [1.29, 1.82) is 0 Å². The van der Waals surface area contributed by atoms with Gasteiger partial charge in [0, 0.05) is 18.7 Å². The van der Waals surface area contributed by atoms with E-state index in [-0.39, 0.29) is 11.3 Å². The van der Waals surface area contributed by atoms with E-state index in [9.17, 15) is 14.7 Å². The fourth-order valence-electron chi connectivity index (χ4n) is 4.04. The number of carbonyl (C=O) groups excluding carboxylic acids is 2. The number of likely N-dealkylation sites (N-methyl/N-ethyl adjacent to an activating group) is 1. The molecule has 0 saturated carbocycles. The molecule has 1 N–H and O–H groups in total. The van der Waals surface area contributed by atoms with Gasteiger partial charge in [-0.3, -0.25) is 9.59 Å². The van der Waals surface area contributed by atoms with Crippen molar-refractivity contribution >= 4 is 17.4 Å². The van der Waals surface area contributed by atoms with E-state index in [1.165, 1.54) is 4.90 Å². The summed E-state index contributed by atoms with van der Waals surface area (Å²) in [5.74, 6) is -0.0108. The van der Waals surface area contributed by atoms with Crippen molar-refractivity contribution in [1.82, 2.24) is 9.80 Å².